The predicted molar refractivity (Wildman–Crippen MR) is 141 cm³/mol. The van der Waals surface area contributed by atoms with Gasteiger partial charge >= 0.3 is 11.9 Å². The minimum absolute atomic E-state index is 0.0590. The van der Waals surface area contributed by atoms with Crippen LogP contribution in [0.4, 0.5) is 0 Å². The number of nitrogens with zero attached hydrogens (tertiary/aromatic N) is 4. The Morgan fingerprint density at radius 3 is 2.06 bits per heavy atom. The number of hydrogen-bond donors (Lipinski definition) is 3. The number of thiol groups is 1. The first-order chi connectivity index (χ1) is 16.6. The smallest absolute Gasteiger partial charge is 0.317 e. The Labute approximate surface area is 215 Å². The van der Waals surface area contributed by atoms with Gasteiger partial charge in [-0.1, -0.05) is 24.3 Å². The quantitative estimate of drug-likeness (QED) is 0.483. The summed E-state index contributed by atoms with van der Waals surface area (Å²) in [6.45, 7) is 12.6. The summed E-state index contributed by atoms with van der Waals surface area (Å²) in [7, 11) is 0. The molecule has 2 saturated heterocycles. The normalized spacial score (nSPS) is 25.7. The van der Waals surface area contributed by atoms with Crippen molar-refractivity contribution in [2.45, 2.75) is 31.4 Å². The van der Waals surface area contributed by atoms with Crippen molar-refractivity contribution in [3.05, 3.63) is 35.4 Å². The number of carboxylic acids is 2. The lowest BCUT2D eigenvalue weighted by molar-refractivity contribution is -0.139. The monoisotopic (exact) mass is 506 g/mol. The number of hydrogen-bond acceptors (Lipinski definition) is 7. The first-order valence-electron chi connectivity index (χ1n) is 12.7. The Morgan fingerprint density at radius 1 is 0.829 bits per heavy atom. The summed E-state index contributed by atoms with van der Waals surface area (Å²) >= 11 is 4.68. The summed E-state index contributed by atoms with van der Waals surface area (Å²) in [5, 5.41) is 18.8. The highest BCUT2D eigenvalue weighted by atomic mass is 32.1. The van der Waals surface area contributed by atoms with Gasteiger partial charge < -0.3 is 20.0 Å². The molecule has 2 N–H and O–H groups in total. The van der Waals surface area contributed by atoms with Gasteiger partial charge in [-0.25, -0.2) is 0 Å². The van der Waals surface area contributed by atoms with Gasteiger partial charge in [0.25, 0.3) is 0 Å². The zero-order valence-corrected chi connectivity index (χ0v) is 22.1. The summed E-state index contributed by atoms with van der Waals surface area (Å²) < 4.78 is -0.192. The van der Waals surface area contributed by atoms with Crippen LogP contribution < -0.4 is 0 Å². The second-order valence-corrected chi connectivity index (χ2v) is 11.7. The highest BCUT2D eigenvalue weighted by Gasteiger charge is 2.25. The first kappa shape index (κ1) is 27.9. The van der Waals surface area contributed by atoms with E-state index in [-0.39, 0.29) is 23.8 Å². The van der Waals surface area contributed by atoms with Crippen molar-refractivity contribution in [3.8, 4) is 0 Å². The third kappa shape index (κ3) is 9.73. The minimum Gasteiger partial charge on any atom is -0.480 e. The highest BCUT2D eigenvalue weighted by Crippen LogP contribution is 2.27. The molecule has 3 rings (SSSR count). The molecule has 2 heterocycles. The number of carboxylic acid groups (broad SMARTS) is 2. The highest BCUT2D eigenvalue weighted by molar-refractivity contribution is 7.81. The maximum Gasteiger partial charge on any atom is 0.317 e. The van der Waals surface area contributed by atoms with Crippen LogP contribution in [0.5, 0.6) is 0 Å². The maximum absolute atomic E-state index is 11.6. The molecule has 196 valence electrons. The van der Waals surface area contributed by atoms with E-state index in [1.807, 2.05) is 4.90 Å². The Hall–Kier alpha value is -1.65. The lowest BCUT2D eigenvalue weighted by atomic mass is 9.94. The number of fused-ring (bicyclic) bond motifs is 3. The van der Waals surface area contributed by atoms with Crippen LogP contribution in [0, 0.1) is 5.92 Å². The molecule has 2 unspecified atom stereocenters. The molecule has 2 bridgehead atoms. The van der Waals surface area contributed by atoms with Gasteiger partial charge in [0, 0.05) is 63.6 Å². The van der Waals surface area contributed by atoms with Gasteiger partial charge in [0.15, 0.2) is 0 Å². The van der Waals surface area contributed by atoms with Gasteiger partial charge in [0.1, 0.15) is 0 Å². The topological polar surface area (TPSA) is 87.6 Å². The lowest BCUT2D eigenvalue weighted by Gasteiger charge is -2.38. The van der Waals surface area contributed by atoms with Crippen LogP contribution in [0.25, 0.3) is 0 Å². The Kier molecular flexibility index (Phi) is 10.4. The second-order valence-electron chi connectivity index (χ2n) is 10.6. The van der Waals surface area contributed by atoms with Crippen molar-refractivity contribution in [2.75, 3.05) is 78.5 Å². The molecule has 0 aromatic heterocycles. The summed E-state index contributed by atoms with van der Waals surface area (Å²) in [4.78, 5) is 31.9. The van der Waals surface area contributed by atoms with E-state index in [0.29, 0.717) is 0 Å². The van der Waals surface area contributed by atoms with Crippen LogP contribution >= 0.6 is 12.6 Å². The third-order valence-corrected chi connectivity index (χ3v) is 7.34. The molecule has 1 aromatic rings. The van der Waals surface area contributed by atoms with Crippen molar-refractivity contribution in [1.82, 2.24) is 19.6 Å². The number of benzene rings is 1. The minimum atomic E-state index is -0.782. The van der Waals surface area contributed by atoms with Crippen LogP contribution in [0.2, 0.25) is 0 Å². The average molecular weight is 507 g/mol. The van der Waals surface area contributed by atoms with E-state index >= 15 is 0 Å². The van der Waals surface area contributed by atoms with Crippen LogP contribution in [0.1, 0.15) is 31.4 Å². The maximum atomic E-state index is 11.6. The average Bonchev–Trinajstić information content (AvgIpc) is 2.76. The molecule has 8 nitrogen and oxygen atoms in total. The molecule has 35 heavy (non-hydrogen) atoms. The van der Waals surface area contributed by atoms with E-state index in [2.05, 4.69) is 65.4 Å². The molecule has 0 aliphatic carbocycles. The summed E-state index contributed by atoms with van der Waals surface area (Å²) in [5.74, 6) is -1.27. The molecule has 2 aliphatic heterocycles. The van der Waals surface area contributed by atoms with E-state index in [0.717, 1.165) is 78.3 Å². The SMILES string of the molecule is CC(C)(S)c1ccc(C[C@@H]2CN3CCN(CCCN(CC(=O)O)CC3)CCN(CC(=O)O)C2)cc1. The fourth-order valence-corrected chi connectivity index (χ4v) is 5.33. The third-order valence-electron chi connectivity index (χ3n) is 7.08. The number of carbonyl (C=O) groups is 2. The first-order valence-corrected chi connectivity index (χ1v) is 13.2. The Bertz CT molecular complexity index is 830. The van der Waals surface area contributed by atoms with Gasteiger partial charge in [-0.15, -0.1) is 0 Å². The zero-order chi connectivity index (χ0) is 25.4. The van der Waals surface area contributed by atoms with Crippen LogP contribution in [-0.4, -0.2) is 120 Å². The van der Waals surface area contributed by atoms with E-state index in [4.69, 9.17) is 0 Å². The van der Waals surface area contributed by atoms with Crippen molar-refractivity contribution >= 4 is 24.6 Å². The Balaban J connectivity index is 1.78. The van der Waals surface area contributed by atoms with E-state index in [1.165, 1.54) is 11.1 Å². The molecular formula is C26H42N4O4S. The fourth-order valence-electron chi connectivity index (χ4n) is 5.18. The molecule has 2 aliphatic rings. The van der Waals surface area contributed by atoms with Gasteiger partial charge in [-0.2, -0.15) is 12.6 Å². The van der Waals surface area contributed by atoms with Crippen molar-refractivity contribution in [1.29, 1.82) is 0 Å². The molecule has 2 fully saturated rings. The number of rotatable bonds is 7. The van der Waals surface area contributed by atoms with Crippen molar-refractivity contribution in [2.24, 2.45) is 5.92 Å². The van der Waals surface area contributed by atoms with Crippen LogP contribution in [-0.2, 0) is 20.8 Å². The molecular weight excluding hydrogens is 464 g/mol. The van der Waals surface area contributed by atoms with Gasteiger partial charge in [-0.3, -0.25) is 19.4 Å². The van der Waals surface area contributed by atoms with Crippen molar-refractivity contribution < 1.29 is 19.8 Å². The molecule has 0 saturated carbocycles. The Morgan fingerprint density at radius 2 is 1.40 bits per heavy atom. The van der Waals surface area contributed by atoms with Crippen molar-refractivity contribution in [3.63, 3.8) is 0 Å². The molecule has 0 amide bonds. The molecule has 9 heteroatoms. The largest absolute Gasteiger partial charge is 0.480 e. The number of aliphatic carboxylic acids is 2. The van der Waals surface area contributed by atoms with E-state index in [9.17, 15) is 19.8 Å². The zero-order valence-electron chi connectivity index (χ0n) is 21.2. The lowest BCUT2D eigenvalue weighted by Crippen LogP contribution is -2.50. The molecule has 0 radical (unpaired) electrons. The predicted octanol–water partition coefficient (Wildman–Crippen LogP) is 1.80. The second kappa shape index (κ2) is 13.1. The van der Waals surface area contributed by atoms with E-state index < -0.39 is 11.9 Å². The fraction of sp³-hybridized carbons (Fsp3) is 0.692. The molecule has 1 aromatic carbocycles. The van der Waals surface area contributed by atoms with Gasteiger partial charge in [0.05, 0.1) is 13.1 Å². The summed E-state index contributed by atoms with van der Waals surface area (Å²) in [6.07, 6.45) is 1.80. The summed E-state index contributed by atoms with van der Waals surface area (Å²) in [5.41, 5.74) is 2.43. The van der Waals surface area contributed by atoms with Crippen LogP contribution in [0.3, 0.4) is 0 Å². The van der Waals surface area contributed by atoms with E-state index in [1.54, 1.807) is 0 Å². The van der Waals surface area contributed by atoms with Gasteiger partial charge in [-0.05, 0) is 50.3 Å². The van der Waals surface area contributed by atoms with Gasteiger partial charge in [0.2, 0.25) is 0 Å². The summed E-state index contributed by atoms with van der Waals surface area (Å²) in [6, 6.07) is 8.63. The standard InChI is InChI=1S/C26H42N4O4S/c1-26(2,35)23-6-4-21(5-7-23)16-22-17-29-12-10-27(11-15-30(18-22)20-25(33)34)8-3-9-28(13-14-29)19-24(31)32/h4-7,22,35H,3,8-20H2,1-2H3,(H,31,32)(H,33,34)/t22-/m1/s1. The molecule has 0 spiro atoms. The van der Waals surface area contributed by atoms with Crippen LogP contribution in [0.15, 0.2) is 24.3 Å². The molecule has 3 atom stereocenters.